The zero-order valence-electron chi connectivity index (χ0n) is 19.0. The number of hydrogen-bond donors (Lipinski definition) is 2. The summed E-state index contributed by atoms with van der Waals surface area (Å²) >= 11 is 0. The van der Waals surface area contributed by atoms with Crippen LogP contribution in [0.1, 0.15) is 52.6 Å². The standard InChI is InChI=1S/C26H26N2O5/c1-26(2,3)20-10-6-19(7-11-20)25(31)33-22-14-5-17(15-23(22)32-4)16-27-28-21-12-8-18(9-13-21)24(29)30/h5-16,28H,1-4H3,(H,29,30)/b27-16-. The zero-order chi connectivity index (χ0) is 24.0. The highest BCUT2D eigenvalue weighted by molar-refractivity contribution is 5.92. The topological polar surface area (TPSA) is 97.2 Å². The van der Waals surface area contributed by atoms with Gasteiger partial charge in [0.25, 0.3) is 0 Å². The van der Waals surface area contributed by atoms with E-state index in [2.05, 4.69) is 31.3 Å². The quantitative estimate of drug-likeness (QED) is 0.220. The molecule has 3 aromatic carbocycles. The van der Waals surface area contributed by atoms with Gasteiger partial charge in [-0.1, -0.05) is 32.9 Å². The summed E-state index contributed by atoms with van der Waals surface area (Å²) in [4.78, 5) is 23.5. The van der Waals surface area contributed by atoms with E-state index in [1.54, 1.807) is 48.7 Å². The lowest BCUT2D eigenvalue weighted by Gasteiger charge is -2.19. The Morgan fingerprint density at radius 1 is 0.909 bits per heavy atom. The second-order valence-electron chi connectivity index (χ2n) is 8.38. The maximum absolute atomic E-state index is 12.6. The van der Waals surface area contributed by atoms with Gasteiger partial charge in [-0.25, -0.2) is 9.59 Å². The second kappa shape index (κ2) is 9.99. The van der Waals surface area contributed by atoms with E-state index in [9.17, 15) is 9.59 Å². The van der Waals surface area contributed by atoms with Gasteiger partial charge in [-0.15, -0.1) is 0 Å². The molecular weight excluding hydrogens is 420 g/mol. The number of carbonyl (C=O) groups is 2. The van der Waals surface area contributed by atoms with Crippen LogP contribution in [0.4, 0.5) is 5.69 Å². The number of nitrogens with one attached hydrogen (secondary N) is 1. The number of benzene rings is 3. The van der Waals surface area contributed by atoms with Gasteiger partial charge in [0.2, 0.25) is 0 Å². The van der Waals surface area contributed by atoms with Crippen molar-refractivity contribution in [1.29, 1.82) is 0 Å². The first kappa shape index (κ1) is 23.5. The lowest BCUT2D eigenvalue weighted by molar-refractivity contribution is 0.0694. The highest BCUT2D eigenvalue weighted by Crippen LogP contribution is 2.29. The van der Waals surface area contributed by atoms with Gasteiger partial charge in [-0.3, -0.25) is 5.43 Å². The summed E-state index contributed by atoms with van der Waals surface area (Å²) in [5.41, 5.74) is 5.98. The summed E-state index contributed by atoms with van der Waals surface area (Å²) in [5.74, 6) is -0.761. The Labute approximate surface area is 192 Å². The molecule has 170 valence electrons. The Balaban J connectivity index is 1.67. The molecule has 0 aliphatic rings. The molecule has 0 aromatic heterocycles. The third kappa shape index (κ3) is 6.20. The van der Waals surface area contributed by atoms with Crippen molar-refractivity contribution in [3.05, 3.63) is 89.0 Å². The smallest absolute Gasteiger partial charge is 0.343 e. The Bertz CT molecular complexity index is 1160. The van der Waals surface area contributed by atoms with Gasteiger partial charge in [0.05, 0.1) is 30.1 Å². The number of carboxylic acids is 1. The lowest BCUT2D eigenvalue weighted by Crippen LogP contribution is -2.13. The van der Waals surface area contributed by atoms with Crippen molar-refractivity contribution in [3.8, 4) is 11.5 Å². The van der Waals surface area contributed by atoms with E-state index in [4.69, 9.17) is 14.6 Å². The number of carboxylic acid groups (broad SMARTS) is 1. The second-order valence-corrected chi connectivity index (χ2v) is 8.38. The number of hydrogen-bond acceptors (Lipinski definition) is 6. The van der Waals surface area contributed by atoms with E-state index >= 15 is 0 Å². The van der Waals surface area contributed by atoms with Gasteiger partial charge in [-0.2, -0.15) is 5.10 Å². The van der Waals surface area contributed by atoms with Crippen LogP contribution in [0.5, 0.6) is 11.5 Å². The van der Waals surface area contributed by atoms with E-state index < -0.39 is 11.9 Å². The Morgan fingerprint density at radius 3 is 2.12 bits per heavy atom. The summed E-state index contributed by atoms with van der Waals surface area (Å²) < 4.78 is 10.9. The van der Waals surface area contributed by atoms with Crippen molar-refractivity contribution >= 4 is 23.8 Å². The number of methoxy groups -OCH3 is 1. The Kier molecular flexibility index (Phi) is 7.13. The number of rotatable bonds is 7. The van der Waals surface area contributed by atoms with Crippen LogP contribution in [-0.4, -0.2) is 30.4 Å². The fraction of sp³-hybridized carbons (Fsp3) is 0.192. The first-order valence-electron chi connectivity index (χ1n) is 10.3. The molecule has 0 saturated heterocycles. The monoisotopic (exact) mass is 446 g/mol. The summed E-state index contributed by atoms with van der Waals surface area (Å²) in [6.45, 7) is 6.34. The van der Waals surface area contributed by atoms with E-state index in [1.807, 2.05) is 12.1 Å². The molecule has 0 bridgehead atoms. The number of carbonyl (C=O) groups excluding carboxylic acids is 1. The molecule has 3 rings (SSSR count). The molecule has 2 N–H and O–H groups in total. The first-order chi connectivity index (χ1) is 15.7. The molecule has 0 radical (unpaired) electrons. The lowest BCUT2D eigenvalue weighted by atomic mass is 9.87. The van der Waals surface area contributed by atoms with Gasteiger partial charge in [0.15, 0.2) is 11.5 Å². The average Bonchev–Trinajstić information content (AvgIpc) is 2.79. The fourth-order valence-electron chi connectivity index (χ4n) is 2.98. The van der Waals surface area contributed by atoms with Gasteiger partial charge in [-0.05, 0) is 71.1 Å². The van der Waals surface area contributed by atoms with Gasteiger partial charge < -0.3 is 14.6 Å². The summed E-state index contributed by atoms with van der Waals surface area (Å²) in [6, 6.07) is 18.7. The molecule has 0 amide bonds. The summed E-state index contributed by atoms with van der Waals surface area (Å²) in [7, 11) is 1.49. The predicted molar refractivity (Wildman–Crippen MR) is 128 cm³/mol. The molecule has 33 heavy (non-hydrogen) atoms. The minimum absolute atomic E-state index is 0.000178. The molecule has 0 spiro atoms. The Morgan fingerprint density at radius 2 is 1.55 bits per heavy atom. The van der Waals surface area contributed by atoms with Crippen LogP contribution in [-0.2, 0) is 5.41 Å². The van der Waals surface area contributed by atoms with Crippen LogP contribution in [0.2, 0.25) is 0 Å². The zero-order valence-corrected chi connectivity index (χ0v) is 19.0. The fourth-order valence-corrected chi connectivity index (χ4v) is 2.98. The largest absolute Gasteiger partial charge is 0.493 e. The van der Waals surface area contributed by atoms with Crippen LogP contribution < -0.4 is 14.9 Å². The number of esters is 1. The van der Waals surface area contributed by atoms with Gasteiger partial charge in [0.1, 0.15) is 0 Å². The van der Waals surface area contributed by atoms with E-state index in [0.29, 0.717) is 22.7 Å². The molecular formula is C26H26N2O5. The highest BCUT2D eigenvalue weighted by atomic mass is 16.6. The molecule has 0 aliphatic heterocycles. The van der Waals surface area contributed by atoms with Crippen LogP contribution in [0.3, 0.4) is 0 Å². The van der Waals surface area contributed by atoms with Crippen molar-refractivity contribution in [3.63, 3.8) is 0 Å². The maximum atomic E-state index is 12.6. The number of hydrazone groups is 1. The molecule has 7 heteroatoms. The van der Waals surface area contributed by atoms with E-state index in [1.165, 1.54) is 19.2 Å². The summed E-state index contributed by atoms with van der Waals surface area (Å²) in [5, 5.41) is 13.1. The number of aromatic carboxylic acids is 1. The molecule has 3 aromatic rings. The molecule has 0 atom stereocenters. The average molecular weight is 447 g/mol. The molecule has 7 nitrogen and oxygen atoms in total. The molecule has 0 fully saturated rings. The SMILES string of the molecule is COc1cc(/C=N\Nc2ccc(C(=O)O)cc2)ccc1OC(=O)c1ccc(C(C)(C)C)cc1. The summed E-state index contributed by atoms with van der Waals surface area (Å²) in [6.07, 6.45) is 1.57. The van der Waals surface area contributed by atoms with Crippen molar-refractivity contribution in [2.24, 2.45) is 5.10 Å². The number of ether oxygens (including phenoxy) is 2. The van der Waals surface area contributed by atoms with Gasteiger partial charge >= 0.3 is 11.9 Å². The maximum Gasteiger partial charge on any atom is 0.343 e. The third-order valence-electron chi connectivity index (χ3n) is 4.92. The third-order valence-corrected chi connectivity index (χ3v) is 4.92. The number of anilines is 1. The van der Waals surface area contributed by atoms with E-state index in [0.717, 1.165) is 11.1 Å². The minimum Gasteiger partial charge on any atom is -0.493 e. The molecule has 0 aliphatic carbocycles. The molecule has 0 unspecified atom stereocenters. The van der Waals surface area contributed by atoms with Crippen LogP contribution in [0, 0.1) is 0 Å². The van der Waals surface area contributed by atoms with Crippen LogP contribution in [0.15, 0.2) is 71.8 Å². The normalized spacial score (nSPS) is 11.3. The van der Waals surface area contributed by atoms with Crippen molar-refractivity contribution in [1.82, 2.24) is 0 Å². The minimum atomic E-state index is -0.986. The first-order valence-corrected chi connectivity index (χ1v) is 10.3. The molecule has 0 heterocycles. The van der Waals surface area contributed by atoms with Crippen molar-refractivity contribution < 1.29 is 24.2 Å². The Hall–Kier alpha value is -4.13. The van der Waals surface area contributed by atoms with Crippen molar-refractivity contribution in [2.75, 3.05) is 12.5 Å². The highest BCUT2D eigenvalue weighted by Gasteiger charge is 2.16. The molecule has 0 saturated carbocycles. The number of nitrogens with zero attached hydrogens (tertiary/aromatic N) is 1. The predicted octanol–water partition coefficient (Wildman–Crippen LogP) is 5.36. The van der Waals surface area contributed by atoms with Gasteiger partial charge in [0, 0.05) is 0 Å². The van der Waals surface area contributed by atoms with Crippen LogP contribution in [0.25, 0.3) is 0 Å². The van der Waals surface area contributed by atoms with E-state index in [-0.39, 0.29) is 11.0 Å². The van der Waals surface area contributed by atoms with Crippen molar-refractivity contribution in [2.45, 2.75) is 26.2 Å². The van der Waals surface area contributed by atoms with Crippen LogP contribution >= 0.6 is 0 Å².